The van der Waals surface area contributed by atoms with Crippen molar-refractivity contribution in [3.05, 3.63) is 59.5 Å². The van der Waals surface area contributed by atoms with Gasteiger partial charge in [-0.15, -0.1) is 0 Å². The van der Waals surface area contributed by atoms with E-state index in [0.29, 0.717) is 12.1 Å². The van der Waals surface area contributed by atoms with Crippen molar-refractivity contribution in [3.8, 4) is 0 Å². The van der Waals surface area contributed by atoms with Crippen molar-refractivity contribution in [1.82, 2.24) is 25.0 Å². The van der Waals surface area contributed by atoms with E-state index in [0.717, 1.165) is 41.9 Å². The van der Waals surface area contributed by atoms with Crippen LogP contribution in [0.4, 0.5) is 0 Å². The predicted octanol–water partition coefficient (Wildman–Crippen LogP) is 3.78. The molecule has 1 aromatic carbocycles. The highest BCUT2D eigenvalue weighted by Crippen LogP contribution is 2.21. The molecule has 0 spiro atoms. The standard InChI is InChI=1S/C24H31N5O/c1-18-11-12-25-29(18)16-19-15-21(20-9-5-6-10-22(20)26-19)23(30)27-24(2,3)17-28-13-7-4-8-14-28/h5-6,9-12,15H,4,7-8,13-14,16-17H2,1-3H3,(H,27,30). The van der Waals surface area contributed by atoms with E-state index in [1.165, 1.54) is 19.3 Å². The minimum absolute atomic E-state index is 0.0472. The summed E-state index contributed by atoms with van der Waals surface area (Å²) in [6.07, 6.45) is 5.59. The number of para-hydroxylation sites is 1. The average molecular weight is 406 g/mol. The molecule has 1 amide bonds. The van der Waals surface area contributed by atoms with Crippen LogP contribution in [0.15, 0.2) is 42.6 Å². The van der Waals surface area contributed by atoms with Gasteiger partial charge in [0.05, 0.1) is 23.3 Å². The van der Waals surface area contributed by atoms with Gasteiger partial charge in [0.25, 0.3) is 5.91 Å². The highest BCUT2D eigenvalue weighted by molar-refractivity contribution is 6.06. The van der Waals surface area contributed by atoms with Crippen LogP contribution in [0.1, 0.15) is 54.9 Å². The van der Waals surface area contributed by atoms with Gasteiger partial charge in [0.15, 0.2) is 0 Å². The molecule has 4 rings (SSSR count). The second kappa shape index (κ2) is 8.56. The Labute approximate surface area is 178 Å². The van der Waals surface area contributed by atoms with Crippen LogP contribution in [0.3, 0.4) is 0 Å². The van der Waals surface area contributed by atoms with Crippen molar-refractivity contribution in [2.75, 3.05) is 19.6 Å². The second-order valence-corrected chi connectivity index (χ2v) is 8.98. The quantitative estimate of drug-likeness (QED) is 0.678. The van der Waals surface area contributed by atoms with Gasteiger partial charge in [-0.3, -0.25) is 14.5 Å². The van der Waals surface area contributed by atoms with Crippen molar-refractivity contribution in [2.45, 2.75) is 52.1 Å². The lowest BCUT2D eigenvalue weighted by atomic mass is 10.0. The molecule has 3 aromatic rings. The first-order chi connectivity index (χ1) is 14.4. The van der Waals surface area contributed by atoms with Gasteiger partial charge in [-0.1, -0.05) is 24.6 Å². The van der Waals surface area contributed by atoms with Gasteiger partial charge < -0.3 is 10.2 Å². The summed E-state index contributed by atoms with van der Waals surface area (Å²) in [7, 11) is 0. The van der Waals surface area contributed by atoms with Crippen LogP contribution < -0.4 is 5.32 Å². The topological polar surface area (TPSA) is 63.1 Å². The first kappa shape index (κ1) is 20.5. The van der Waals surface area contributed by atoms with Gasteiger partial charge in [-0.2, -0.15) is 5.10 Å². The molecule has 1 aliphatic rings. The van der Waals surface area contributed by atoms with Crippen LogP contribution in [-0.4, -0.2) is 50.7 Å². The summed E-state index contributed by atoms with van der Waals surface area (Å²) >= 11 is 0. The molecule has 158 valence electrons. The zero-order chi connectivity index (χ0) is 21.1. The van der Waals surface area contributed by atoms with Gasteiger partial charge in [0.1, 0.15) is 0 Å². The molecule has 30 heavy (non-hydrogen) atoms. The molecule has 1 saturated heterocycles. The van der Waals surface area contributed by atoms with Crippen molar-refractivity contribution < 1.29 is 4.79 Å². The largest absolute Gasteiger partial charge is 0.346 e. The fraction of sp³-hybridized carbons (Fsp3) is 0.458. The lowest BCUT2D eigenvalue weighted by Gasteiger charge is -2.35. The number of hydrogen-bond donors (Lipinski definition) is 1. The molecule has 0 atom stereocenters. The number of amides is 1. The lowest BCUT2D eigenvalue weighted by molar-refractivity contribution is 0.0879. The summed E-state index contributed by atoms with van der Waals surface area (Å²) in [4.78, 5) is 20.6. The Kier molecular flexibility index (Phi) is 5.86. The summed E-state index contributed by atoms with van der Waals surface area (Å²) in [5, 5.41) is 8.52. The zero-order valence-corrected chi connectivity index (χ0v) is 18.2. The monoisotopic (exact) mass is 405 g/mol. The Bertz CT molecular complexity index is 1030. The number of pyridine rings is 1. The molecule has 2 aromatic heterocycles. The number of hydrogen-bond acceptors (Lipinski definition) is 4. The molecule has 0 aliphatic carbocycles. The fourth-order valence-corrected chi connectivity index (χ4v) is 4.31. The molecule has 0 saturated carbocycles. The van der Waals surface area contributed by atoms with E-state index in [2.05, 4.69) is 29.2 Å². The van der Waals surface area contributed by atoms with Gasteiger partial charge in [-0.25, -0.2) is 0 Å². The van der Waals surface area contributed by atoms with Crippen molar-refractivity contribution >= 4 is 16.8 Å². The third kappa shape index (κ3) is 4.70. The molecule has 1 fully saturated rings. The predicted molar refractivity (Wildman–Crippen MR) is 120 cm³/mol. The SMILES string of the molecule is Cc1ccnn1Cc1cc(C(=O)NC(C)(C)CN2CCCCC2)c2ccccc2n1. The Morgan fingerprint density at radius 2 is 1.90 bits per heavy atom. The number of aromatic nitrogens is 3. The number of nitrogens with one attached hydrogen (secondary N) is 1. The van der Waals surface area contributed by atoms with E-state index in [4.69, 9.17) is 4.98 Å². The van der Waals surface area contributed by atoms with Crippen molar-refractivity contribution in [3.63, 3.8) is 0 Å². The van der Waals surface area contributed by atoms with E-state index in [-0.39, 0.29) is 11.4 Å². The minimum Gasteiger partial charge on any atom is -0.346 e. The second-order valence-electron chi connectivity index (χ2n) is 8.98. The fourth-order valence-electron chi connectivity index (χ4n) is 4.31. The Morgan fingerprint density at radius 1 is 1.13 bits per heavy atom. The number of nitrogens with zero attached hydrogens (tertiary/aromatic N) is 4. The Balaban J connectivity index is 1.59. The summed E-state index contributed by atoms with van der Waals surface area (Å²) in [6.45, 7) is 9.87. The molecule has 1 N–H and O–H groups in total. The van der Waals surface area contributed by atoms with E-state index < -0.39 is 0 Å². The summed E-state index contributed by atoms with van der Waals surface area (Å²) in [5.41, 5.74) is 3.10. The molecule has 6 nitrogen and oxygen atoms in total. The molecule has 6 heteroatoms. The summed E-state index contributed by atoms with van der Waals surface area (Å²) in [6, 6.07) is 11.7. The van der Waals surface area contributed by atoms with E-state index >= 15 is 0 Å². The number of aryl methyl sites for hydroxylation is 1. The van der Waals surface area contributed by atoms with Crippen LogP contribution in [0.2, 0.25) is 0 Å². The van der Waals surface area contributed by atoms with Gasteiger partial charge in [0.2, 0.25) is 0 Å². The van der Waals surface area contributed by atoms with E-state index in [1.807, 2.05) is 48.0 Å². The Morgan fingerprint density at radius 3 is 2.63 bits per heavy atom. The molecule has 1 aliphatic heterocycles. The third-order valence-corrected chi connectivity index (χ3v) is 5.77. The molecule has 0 unspecified atom stereocenters. The van der Waals surface area contributed by atoms with Gasteiger partial charge in [0, 0.05) is 29.4 Å². The molecular weight excluding hydrogens is 374 g/mol. The maximum absolute atomic E-state index is 13.4. The molecule has 3 heterocycles. The van der Waals surface area contributed by atoms with E-state index in [1.54, 1.807) is 6.20 Å². The average Bonchev–Trinajstić information content (AvgIpc) is 3.11. The normalized spacial score (nSPS) is 15.4. The number of rotatable bonds is 6. The van der Waals surface area contributed by atoms with Crippen LogP contribution >= 0.6 is 0 Å². The minimum atomic E-state index is -0.308. The number of carbonyl (C=O) groups excluding carboxylic acids is 1. The van der Waals surface area contributed by atoms with Crippen LogP contribution in [0, 0.1) is 6.92 Å². The third-order valence-electron chi connectivity index (χ3n) is 5.77. The molecule has 0 bridgehead atoms. The number of piperidine rings is 1. The number of likely N-dealkylation sites (tertiary alicyclic amines) is 1. The first-order valence-electron chi connectivity index (χ1n) is 10.8. The zero-order valence-electron chi connectivity index (χ0n) is 18.2. The van der Waals surface area contributed by atoms with Crippen LogP contribution in [-0.2, 0) is 6.54 Å². The number of benzene rings is 1. The first-order valence-corrected chi connectivity index (χ1v) is 10.8. The maximum atomic E-state index is 13.4. The van der Waals surface area contributed by atoms with Crippen LogP contribution in [0.25, 0.3) is 10.9 Å². The van der Waals surface area contributed by atoms with Crippen LogP contribution in [0.5, 0.6) is 0 Å². The van der Waals surface area contributed by atoms with Gasteiger partial charge in [-0.05, 0) is 64.9 Å². The summed E-state index contributed by atoms with van der Waals surface area (Å²) < 4.78 is 1.90. The van der Waals surface area contributed by atoms with Gasteiger partial charge >= 0.3 is 0 Å². The number of carbonyl (C=O) groups is 1. The highest BCUT2D eigenvalue weighted by Gasteiger charge is 2.26. The summed E-state index contributed by atoms with van der Waals surface area (Å²) in [5.74, 6) is -0.0472. The van der Waals surface area contributed by atoms with E-state index in [9.17, 15) is 4.79 Å². The highest BCUT2D eigenvalue weighted by atomic mass is 16.1. The molecular formula is C24H31N5O. The van der Waals surface area contributed by atoms with Crippen molar-refractivity contribution in [1.29, 1.82) is 0 Å². The smallest absolute Gasteiger partial charge is 0.252 e. The molecule has 0 radical (unpaired) electrons. The lowest BCUT2D eigenvalue weighted by Crippen LogP contribution is -2.52. The Hall–Kier alpha value is -2.73. The maximum Gasteiger partial charge on any atom is 0.252 e. The number of fused-ring (bicyclic) bond motifs is 1. The van der Waals surface area contributed by atoms with Crippen molar-refractivity contribution in [2.24, 2.45) is 0 Å².